The molecule has 7 atom stereocenters. The predicted molar refractivity (Wildman–Crippen MR) is 108 cm³/mol. The van der Waals surface area contributed by atoms with Crippen LogP contribution in [0.4, 0.5) is 0 Å². The first-order chi connectivity index (χ1) is 11.7. The summed E-state index contributed by atoms with van der Waals surface area (Å²) in [6, 6.07) is 0. The average Bonchev–Trinajstić information content (AvgIpc) is 2.81. The summed E-state index contributed by atoms with van der Waals surface area (Å²) in [6.07, 6.45) is 1.62. The van der Waals surface area contributed by atoms with Gasteiger partial charge >= 0.3 is 0 Å². The standard InChI is InChI=1S/C21H41O4P/c1-14-10-21(8,19(5,6)16(14)23)13-24-26(9)25-17-18(3,4)15(2)11-20(17,7)12-22/h14-17,22-23H,10-13H2,1-9H3/t14-,15-,16?,17-,20-,21-,26?/m1/s1. The van der Waals surface area contributed by atoms with Gasteiger partial charge in [0, 0.05) is 12.1 Å². The molecule has 2 rings (SSSR count). The van der Waals surface area contributed by atoms with Crippen molar-refractivity contribution in [1.82, 2.24) is 0 Å². The minimum absolute atomic E-state index is 0.0126. The molecule has 154 valence electrons. The van der Waals surface area contributed by atoms with Crippen LogP contribution in [0.1, 0.15) is 68.2 Å². The Morgan fingerprint density at radius 3 is 2.08 bits per heavy atom. The van der Waals surface area contributed by atoms with E-state index >= 15 is 0 Å². The molecular formula is C21H41O4P. The second-order valence-electron chi connectivity index (χ2n) is 10.8. The Morgan fingerprint density at radius 2 is 1.62 bits per heavy atom. The molecule has 0 bridgehead atoms. The van der Waals surface area contributed by atoms with Crippen molar-refractivity contribution in [2.45, 2.75) is 80.4 Å². The fraction of sp³-hybridized carbons (Fsp3) is 1.00. The predicted octanol–water partition coefficient (Wildman–Crippen LogP) is 4.83. The van der Waals surface area contributed by atoms with Crippen molar-refractivity contribution in [3.8, 4) is 0 Å². The van der Waals surface area contributed by atoms with Crippen LogP contribution in [0.3, 0.4) is 0 Å². The summed E-state index contributed by atoms with van der Waals surface area (Å²) >= 11 is 0. The molecule has 0 amide bonds. The molecule has 0 saturated heterocycles. The van der Waals surface area contributed by atoms with Crippen molar-refractivity contribution in [3.05, 3.63) is 0 Å². The Balaban J connectivity index is 2.04. The van der Waals surface area contributed by atoms with Crippen molar-refractivity contribution in [2.24, 2.45) is 33.5 Å². The van der Waals surface area contributed by atoms with E-state index in [1.54, 1.807) is 0 Å². The quantitative estimate of drug-likeness (QED) is 0.640. The van der Waals surface area contributed by atoms with Crippen molar-refractivity contribution in [2.75, 3.05) is 19.9 Å². The van der Waals surface area contributed by atoms with E-state index in [1.165, 1.54) is 0 Å². The van der Waals surface area contributed by atoms with Crippen LogP contribution in [0.25, 0.3) is 0 Å². The second-order valence-corrected chi connectivity index (χ2v) is 12.2. The molecule has 0 aliphatic heterocycles. The monoisotopic (exact) mass is 388 g/mol. The molecule has 0 aromatic carbocycles. The van der Waals surface area contributed by atoms with Gasteiger partial charge in [0.05, 0.1) is 25.4 Å². The molecular weight excluding hydrogens is 347 g/mol. The zero-order valence-corrected chi connectivity index (χ0v) is 19.2. The Labute approximate surface area is 162 Å². The molecule has 2 aliphatic rings. The van der Waals surface area contributed by atoms with E-state index in [4.69, 9.17) is 9.05 Å². The Hall–Kier alpha value is 0.270. The van der Waals surface area contributed by atoms with Crippen LogP contribution in [-0.4, -0.2) is 42.3 Å². The maximum Gasteiger partial charge on any atom is 0.167 e. The first-order valence-electron chi connectivity index (χ1n) is 10.0. The highest BCUT2D eigenvalue weighted by Gasteiger charge is 2.56. The summed E-state index contributed by atoms with van der Waals surface area (Å²) in [5.74, 6) is 0.783. The molecule has 0 spiro atoms. The van der Waals surface area contributed by atoms with Gasteiger partial charge in [-0.3, -0.25) is 0 Å². The summed E-state index contributed by atoms with van der Waals surface area (Å²) in [7, 11) is -1.04. The first-order valence-corrected chi connectivity index (χ1v) is 11.7. The fourth-order valence-corrected chi connectivity index (χ4v) is 6.80. The molecule has 2 unspecified atom stereocenters. The number of aliphatic hydroxyl groups is 2. The van der Waals surface area contributed by atoms with E-state index < -0.39 is 8.38 Å². The fourth-order valence-electron chi connectivity index (χ4n) is 5.45. The van der Waals surface area contributed by atoms with E-state index in [0.29, 0.717) is 12.5 Å². The number of rotatable bonds is 6. The van der Waals surface area contributed by atoms with Crippen LogP contribution in [0, 0.1) is 33.5 Å². The summed E-state index contributed by atoms with van der Waals surface area (Å²) < 4.78 is 12.7. The zero-order valence-electron chi connectivity index (χ0n) is 18.3. The van der Waals surface area contributed by atoms with Crippen LogP contribution in [0.5, 0.6) is 0 Å². The highest BCUT2D eigenvalue weighted by atomic mass is 31.2. The molecule has 2 N–H and O–H groups in total. The van der Waals surface area contributed by atoms with Gasteiger partial charge in [-0.2, -0.15) is 0 Å². The van der Waals surface area contributed by atoms with E-state index in [-0.39, 0.29) is 46.4 Å². The molecule has 5 heteroatoms. The average molecular weight is 389 g/mol. The van der Waals surface area contributed by atoms with Crippen molar-refractivity contribution in [3.63, 3.8) is 0 Å². The minimum Gasteiger partial charge on any atom is -0.396 e. The van der Waals surface area contributed by atoms with E-state index in [9.17, 15) is 10.2 Å². The Morgan fingerprint density at radius 1 is 1.04 bits per heavy atom. The third kappa shape index (κ3) is 3.62. The molecule has 26 heavy (non-hydrogen) atoms. The van der Waals surface area contributed by atoms with Crippen LogP contribution in [-0.2, 0) is 9.05 Å². The summed E-state index contributed by atoms with van der Waals surface area (Å²) in [5.41, 5.74) is -0.448. The van der Waals surface area contributed by atoms with Crippen LogP contribution < -0.4 is 0 Å². The summed E-state index contributed by atoms with van der Waals surface area (Å²) in [4.78, 5) is 0. The van der Waals surface area contributed by atoms with Gasteiger partial charge in [-0.1, -0.05) is 55.4 Å². The zero-order chi connectivity index (χ0) is 20.1. The molecule has 2 fully saturated rings. The molecule has 2 aliphatic carbocycles. The lowest BCUT2D eigenvalue weighted by molar-refractivity contribution is -0.0331. The second kappa shape index (κ2) is 7.26. The normalized spacial score (nSPS) is 45.8. The van der Waals surface area contributed by atoms with Crippen LogP contribution in [0.2, 0.25) is 0 Å². The van der Waals surface area contributed by atoms with Gasteiger partial charge in [0.15, 0.2) is 8.38 Å². The van der Waals surface area contributed by atoms with Crippen molar-refractivity contribution >= 4 is 8.38 Å². The minimum atomic E-state index is -1.04. The van der Waals surface area contributed by atoms with Gasteiger partial charge in [-0.05, 0) is 40.9 Å². The topological polar surface area (TPSA) is 58.9 Å². The van der Waals surface area contributed by atoms with Crippen molar-refractivity contribution in [1.29, 1.82) is 0 Å². The molecule has 0 heterocycles. The van der Waals surface area contributed by atoms with E-state index in [1.807, 2.05) is 6.66 Å². The third-order valence-electron chi connectivity index (χ3n) is 8.14. The lowest BCUT2D eigenvalue weighted by Crippen LogP contribution is -2.41. The SMILES string of the molecule is C[C@@H]1C[C@](C)(COP(C)O[C@@H]2C(C)(C)[C@H](C)C[C@]2(C)CO)C(C)(C)C1O. The van der Waals surface area contributed by atoms with Gasteiger partial charge in [0.2, 0.25) is 0 Å². The number of hydrogen-bond donors (Lipinski definition) is 2. The summed E-state index contributed by atoms with van der Waals surface area (Å²) in [6.45, 7) is 20.3. The highest BCUT2D eigenvalue weighted by Crippen LogP contribution is 2.59. The number of aliphatic hydroxyl groups excluding tert-OH is 2. The smallest absolute Gasteiger partial charge is 0.167 e. The Kier molecular flexibility index (Phi) is 6.30. The molecule has 4 nitrogen and oxygen atoms in total. The van der Waals surface area contributed by atoms with Crippen LogP contribution in [0.15, 0.2) is 0 Å². The third-order valence-corrected chi connectivity index (χ3v) is 9.14. The van der Waals surface area contributed by atoms with Gasteiger partial charge in [0.1, 0.15) is 0 Å². The molecule has 0 aromatic rings. The lowest BCUT2D eigenvalue weighted by atomic mass is 9.69. The summed E-state index contributed by atoms with van der Waals surface area (Å²) in [5, 5.41) is 20.5. The van der Waals surface area contributed by atoms with E-state index in [2.05, 4.69) is 55.4 Å². The molecule has 0 aromatic heterocycles. The lowest BCUT2D eigenvalue weighted by Gasteiger charge is -2.41. The molecule has 0 radical (unpaired) electrons. The maximum atomic E-state index is 10.5. The van der Waals surface area contributed by atoms with Crippen molar-refractivity contribution < 1.29 is 19.3 Å². The first kappa shape index (κ1) is 22.6. The largest absolute Gasteiger partial charge is 0.396 e. The Bertz CT molecular complexity index is 508. The van der Waals surface area contributed by atoms with Crippen LogP contribution >= 0.6 is 8.38 Å². The number of hydrogen-bond acceptors (Lipinski definition) is 4. The van der Waals surface area contributed by atoms with Gasteiger partial charge in [0.25, 0.3) is 0 Å². The van der Waals surface area contributed by atoms with E-state index in [0.717, 1.165) is 12.8 Å². The van der Waals surface area contributed by atoms with Gasteiger partial charge < -0.3 is 19.3 Å². The maximum absolute atomic E-state index is 10.5. The van der Waals surface area contributed by atoms with Gasteiger partial charge in [-0.15, -0.1) is 0 Å². The van der Waals surface area contributed by atoms with Gasteiger partial charge in [-0.25, -0.2) is 0 Å². The molecule has 2 saturated carbocycles. The highest BCUT2D eigenvalue weighted by molar-refractivity contribution is 7.46.